The predicted molar refractivity (Wildman–Crippen MR) is 154 cm³/mol. The van der Waals surface area contributed by atoms with E-state index in [2.05, 4.69) is 22.8 Å². The number of likely N-dealkylation sites (tertiary alicyclic amines) is 1. The van der Waals surface area contributed by atoms with Crippen LogP contribution in [0, 0.1) is 12.7 Å². The van der Waals surface area contributed by atoms with Crippen molar-refractivity contribution in [3.8, 4) is 0 Å². The molecule has 8 nitrogen and oxygen atoms in total. The summed E-state index contributed by atoms with van der Waals surface area (Å²) in [6.07, 6.45) is 9.48. The number of hydrogen-bond donors (Lipinski definition) is 2. The molecule has 0 saturated carbocycles. The number of hydrogen-bond acceptors (Lipinski definition) is 4. The maximum absolute atomic E-state index is 14.9. The number of anilines is 2. The molecule has 4 amide bonds. The zero-order valence-electron chi connectivity index (χ0n) is 23.1. The van der Waals surface area contributed by atoms with Gasteiger partial charge in [-0.2, -0.15) is 0 Å². The number of nitrogens with zero attached hydrogens (tertiary/aromatic N) is 3. The van der Waals surface area contributed by atoms with Gasteiger partial charge in [0.2, 0.25) is 5.91 Å². The van der Waals surface area contributed by atoms with Gasteiger partial charge >= 0.3 is 6.03 Å². The fraction of sp³-hybridized carbons (Fsp3) is 0.387. The first-order chi connectivity index (χ1) is 19.4. The topological polar surface area (TPSA) is 85.0 Å². The number of halogens is 1. The molecule has 2 heterocycles. The molecule has 0 radical (unpaired) electrons. The van der Waals surface area contributed by atoms with E-state index >= 15 is 0 Å². The van der Waals surface area contributed by atoms with Crippen LogP contribution in [0.25, 0.3) is 0 Å². The normalized spacial score (nSPS) is 17.0. The fourth-order valence-corrected chi connectivity index (χ4v) is 5.66. The van der Waals surface area contributed by atoms with E-state index in [0.717, 1.165) is 48.9 Å². The number of benzene rings is 2. The van der Waals surface area contributed by atoms with Gasteiger partial charge in [0.1, 0.15) is 18.0 Å². The van der Waals surface area contributed by atoms with Crippen molar-refractivity contribution in [2.75, 3.05) is 43.0 Å². The van der Waals surface area contributed by atoms with Crippen LogP contribution in [0.3, 0.4) is 0 Å². The maximum atomic E-state index is 14.9. The van der Waals surface area contributed by atoms with Crippen molar-refractivity contribution in [3.63, 3.8) is 0 Å². The second kappa shape index (κ2) is 12.0. The number of para-hydroxylation sites is 1. The summed E-state index contributed by atoms with van der Waals surface area (Å²) in [7, 11) is 1.78. The van der Waals surface area contributed by atoms with Crippen LogP contribution in [-0.2, 0) is 11.3 Å². The minimum atomic E-state index is -0.562. The lowest BCUT2D eigenvalue weighted by Gasteiger charge is -2.36. The molecule has 3 aliphatic rings. The molecule has 5 rings (SSSR count). The quantitative estimate of drug-likeness (QED) is 0.554. The Morgan fingerprint density at radius 1 is 1.05 bits per heavy atom. The summed E-state index contributed by atoms with van der Waals surface area (Å²) in [5.41, 5.74) is 5.11. The van der Waals surface area contributed by atoms with E-state index in [1.54, 1.807) is 19.2 Å². The molecule has 0 bridgehead atoms. The SMILES string of the molecule is CNCCN1C(=O)CN(C(=O)NCc2ccc(C(=O)N3CCCCC4=CCCC=C43)cc2C)c2c(F)cccc21. The molecule has 9 heteroatoms. The number of nitrogens with one attached hydrogen (secondary N) is 2. The van der Waals surface area contributed by atoms with Crippen molar-refractivity contribution < 1.29 is 18.8 Å². The Morgan fingerprint density at radius 2 is 1.88 bits per heavy atom. The number of fused-ring (bicyclic) bond motifs is 2. The van der Waals surface area contributed by atoms with Crippen LogP contribution in [0.1, 0.15) is 53.6 Å². The second-order valence-corrected chi connectivity index (χ2v) is 10.5. The smallest absolute Gasteiger partial charge is 0.322 e. The molecule has 2 N–H and O–H groups in total. The minimum absolute atomic E-state index is 0.0126. The van der Waals surface area contributed by atoms with Crippen molar-refractivity contribution in [1.29, 1.82) is 0 Å². The Hall–Kier alpha value is -3.98. The van der Waals surface area contributed by atoms with E-state index in [0.29, 0.717) is 30.9 Å². The van der Waals surface area contributed by atoms with E-state index in [1.807, 2.05) is 24.0 Å². The highest BCUT2D eigenvalue weighted by Crippen LogP contribution is 2.36. The second-order valence-electron chi connectivity index (χ2n) is 10.5. The summed E-state index contributed by atoms with van der Waals surface area (Å²) in [6.45, 7) is 3.45. The Labute approximate surface area is 234 Å². The van der Waals surface area contributed by atoms with Gasteiger partial charge < -0.3 is 20.4 Å². The average molecular weight is 546 g/mol. The summed E-state index contributed by atoms with van der Waals surface area (Å²) in [5.74, 6) is -0.850. The summed E-state index contributed by atoms with van der Waals surface area (Å²) < 4.78 is 14.9. The third-order valence-electron chi connectivity index (χ3n) is 7.81. The van der Waals surface area contributed by atoms with E-state index < -0.39 is 11.8 Å². The van der Waals surface area contributed by atoms with Gasteiger partial charge in [-0.05, 0) is 87.0 Å². The highest BCUT2D eigenvalue weighted by Gasteiger charge is 2.34. The zero-order chi connectivity index (χ0) is 28.2. The van der Waals surface area contributed by atoms with E-state index in [-0.39, 0.29) is 30.6 Å². The van der Waals surface area contributed by atoms with Crippen molar-refractivity contribution in [2.45, 2.75) is 45.6 Å². The largest absolute Gasteiger partial charge is 0.334 e. The van der Waals surface area contributed by atoms with Gasteiger partial charge in [-0.3, -0.25) is 14.5 Å². The molecule has 210 valence electrons. The predicted octanol–water partition coefficient (Wildman–Crippen LogP) is 4.65. The Morgan fingerprint density at radius 3 is 2.67 bits per heavy atom. The monoisotopic (exact) mass is 545 g/mol. The lowest BCUT2D eigenvalue weighted by atomic mass is 9.98. The summed E-state index contributed by atoms with van der Waals surface area (Å²) in [6, 6.07) is 9.43. The molecule has 1 saturated heterocycles. The van der Waals surface area contributed by atoms with Gasteiger partial charge in [-0.25, -0.2) is 9.18 Å². The number of carbonyl (C=O) groups excluding carboxylic acids is 3. The maximum Gasteiger partial charge on any atom is 0.322 e. The summed E-state index contributed by atoms with van der Waals surface area (Å²) >= 11 is 0. The van der Waals surface area contributed by atoms with E-state index in [9.17, 15) is 18.8 Å². The molecule has 0 aromatic heterocycles. The van der Waals surface area contributed by atoms with Crippen molar-refractivity contribution in [3.05, 3.63) is 82.3 Å². The van der Waals surface area contributed by atoms with Gasteiger partial charge in [0, 0.05) is 37.4 Å². The number of likely N-dealkylation sites (N-methyl/N-ethyl adjacent to an activating group) is 1. The molecule has 1 aliphatic carbocycles. The summed E-state index contributed by atoms with van der Waals surface area (Å²) in [4.78, 5) is 44.2. The van der Waals surface area contributed by atoms with Gasteiger partial charge in [0.25, 0.3) is 5.91 Å². The standard InChI is InChI=1S/C31H36FN5O3/c1-21-18-23(30(39)36-16-6-5-9-22-8-3-4-11-26(22)36)13-14-24(21)19-34-31(40)37-20-28(38)35(17-15-33-2)27-12-7-10-25(32)29(27)37/h7-8,10-14,18,33H,3-6,9,15-17,19-20H2,1-2H3,(H,34,40). The number of carbonyl (C=O) groups is 3. The van der Waals surface area contributed by atoms with Gasteiger partial charge in [-0.1, -0.05) is 24.3 Å². The minimum Gasteiger partial charge on any atom is -0.334 e. The number of rotatable bonds is 6. The first-order valence-corrected chi connectivity index (χ1v) is 14.0. The third kappa shape index (κ3) is 5.51. The van der Waals surface area contributed by atoms with Gasteiger partial charge in [0.15, 0.2) is 0 Å². The number of allylic oxidation sites excluding steroid dienone is 3. The van der Waals surface area contributed by atoms with Gasteiger partial charge in [-0.15, -0.1) is 0 Å². The van der Waals surface area contributed by atoms with Crippen LogP contribution in [0.15, 0.2) is 59.8 Å². The van der Waals surface area contributed by atoms with Crippen molar-refractivity contribution in [2.24, 2.45) is 0 Å². The number of urea groups is 1. The van der Waals surface area contributed by atoms with Crippen LogP contribution in [0.4, 0.5) is 20.6 Å². The number of amides is 4. The Kier molecular flexibility index (Phi) is 8.30. The Bertz CT molecular complexity index is 1390. The molecule has 2 aromatic rings. The Balaban J connectivity index is 1.29. The van der Waals surface area contributed by atoms with E-state index in [1.165, 1.54) is 27.5 Å². The van der Waals surface area contributed by atoms with Crippen molar-refractivity contribution in [1.82, 2.24) is 15.5 Å². The van der Waals surface area contributed by atoms with Gasteiger partial charge in [0.05, 0.1) is 5.69 Å². The zero-order valence-corrected chi connectivity index (χ0v) is 23.1. The molecule has 2 aliphatic heterocycles. The molecule has 0 spiro atoms. The average Bonchev–Trinajstić information content (AvgIpc) is 3.18. The highest BCUT2D eigenvalue weighted by molar-refractivity contribution is 6.10. The van der Waals surface area contributed by atoms with Crippen LogP contribution in [-0.4, -0.2) is 56.0 Å². The molecular formula is C31H36FN5O3. The van der Waals surface area contributed by atoms with Crippen LogP contribution in [0.5, 0.6) is 0 Å². The summed E-state index contributed by atoms with van der Waals surface area (Å²) in [5, 5.41) is 5.83. The fourth-order valence-electron chi connectivity index (χ4n) is 5.66. The lowest BCUT2D eigenvalue weighted by Crippen LogP contribution is -2.52. The lowest BCUT2D eigenvalue weighted by molar-refractivity contribution is -0.117. The molecule has 0 unspecified atom stereocenters. The number of aryl methyl sites for hydroxylation is 1. The molecule has 0 atom stereocenters. The molecule has 40 heavy (non-hydrogen) atoms. The van der Waals surface area contributed by atoms with Crippen LogP contribution in [0.2, 0.25) is 0 Å². The first-order valence-electron chi connectivity index (χ1n) is 14.0. The van der Waals surface area contributed by atoms with E-state index in [4.69, 9.17) is 0 Å². The van der Waals surface area contributed by atoms with Crippen LogP contribution >= 0.6 is 0 Å². The van der Waals surface area contributed by atoms with Crippen molar-refractivity contribution >= 4 is 29.2 Å². The molecule has 1 fully saturated rings. The molecule has 2 aromatic carbocycles. The molecular weight excluding hydrogens is 509 g/mol. The first kappa shape index (κ1) is 27.6. The third-order valence-corrected chi connectivity index (χ3v) is 7.81. The highest BCUT2D eigenvalue weighted by atomic mass is 19.1. The van der Waals surface area contributed by atoms with Crippen LogP contribution < -0.4 is 20.4 Å².